The third-order valence-corrected chi connectivity index (χ3v) is 7.09. The second kappa shape index (κ2) is 9.87. The Labute approximate surface area is 216 Å². The van der Waals surface area contributed by atoms with Gasteiger partial charge in [-0.15, -0.1) is 11.8 Å². The van der Waals surface area contributed by atoms with Crippen LogP contribution >= 0.6 is 11.8 Å². The molecule has 3 heterocycles. The molecule has 0 bridgehead atoms. The van der Waals surface area contributed by atoms with Crippen LogP contribution in [0, 0.1) is 0 Å². The minimum Gasteiger partial charge on any atom is -0.497 e. The minimum atomic E-state index is -0.102. The Kier molecular flexibility index (Phi) is 6.11. The lowest BCUT2D eigenvalue weighted by molar-refractivity contribution is 0.174. The number of hydrogen-bond donors (Lipinski definition) is 2. The fourth-order valence-electron chi connectivity index (χ4n) is 4.07. The van der Waals surface area contributed by atoms with Crippen molar-refractivity contribution in [3.8, 4) is 28.5 Å². The molecule has 9 heteroatoms. The van der Waals surface area contributed by atoms with Crippen LogP contribution in [0.15, 0.2) is 88.7 Å². The summed E-state index contributed by atoms with van der Waals surface area (Å²) in [6.07, 6.45) is 1.72. The van der Waals surface area contributed by atoms with Crippen LogP contribution in [-0.4, -0.2) is 28.9 Å². The molecule has 0 aliphatic carbocycles. The quantitative estimate of drug-likeness (QED) is 0.267. The van der Waals surface area contributed by atoms with Gasteiger partial charge < -0.3 is 24.5 Å². The van der Waals surface area contributed by atoms with Crippen LogP contribution in [0.5, 0.6) is 17.2 Å². The lowest BCUT2D eigenvalue weighted by Crippen LogP contribution is -2.11. The molecule has 2 aromatic heterocycles. The number of anilines is 2. The molecule has 0 amide bonds. The SMILES string of the molecule is COc1ccc2[nH]c(=O)c(CSc3ccccc3Nc3nccc(-c4ccc5c(c4)OCO5)n3)cc2c1. The number of benzene rings is 3. The highest BCUT2D eigenvalue weighted by atomic mass is 32.2. The minimum absolute atomic E-state index is 0.102. The lowest BCUT2D eigenvalue weighted by atomic mass is 10.1. The van der Waals surface area contributed by atoms with Crippen molar-refractivity contribution in [3.63, 3.8) is 0 Å². The molecule has 0 fully saturated rings. The molecule has 0 spiro atoms. The molecule has 6 rings (SSSR count). The second-order valence-electron chi connectivity index (χ2n) is 8.32. The maximum atomic E-state index is 12.7. The monoisotopic (exact) mass is 510 g/mol. The maximum absolute atomic E-state index is 12.7. The smallest absolute Gasteiger partial charge is 0.252 e. The van der Waals surface area contributed by atoms with Gasteiger partial charge >= 0.3 is 0 Å². The van der Waals surface area contributed by atoms with Crippen LogP contribution in [-0.2, 0) is 5.75 Å². The van der Waals surface area contributed by atoms with E-state index in [4.69, 9.17) is 19.2 Å². The number of aromatic amines is 1. The van der Waals surface area contributed by atoms with Gasteiger partial charge in [-0.1, -0.05) is 12.1 Å². The molecule has 0 unspecified atom stereocenters. The van der Waals surface area contributed by atoms with E-state index >= 15 is 0 Å². The van der Waals surface area contributed by atoms with Gasteiger partial charge in [0.2, 0.25) is 12.7 Å². The highest BCUT2D eigenvalue weighted by molar-refractivity contribution is 7.98. The third-order valence-electron chi connectivity index (χ3n) is 5.97. The van der Waals surface area contributed by atoms with E-state index in [1.54, 1.807) is 25.1 Å². The fourth-order valence-corrected chi connectivity index (χ4v) is 5.05. The van der Waals surface area contributed by atoms with Gasteiger partial charge in [0.25, 0.3) is 5.56 Å². The first-order chi connectivity index (χ1) is 18.2. The van der Waals surface area contributed by atoms with E-state index in [0.717, 1.165) is 44.2 Å². The molecule has 0 radical (unpaired) electrons. The van der Waals surface area contributed by atoms with Crippen LogP contribution in [0.4, 0.5) is 11.6 Å². The van der Waals surface area contributed by atoms with Gasteiger partial charge in [-0.2, -0.15) is 0 Å². The van der Waals surface area contributed by atoms with Crippen molar-refractivity contribution in [1.29, 1.82) is 0 Å². The van der Waals surface area contributed by atoms with Crippen LogP contribution in [0.1, 0.15) is 5.56 Å². The molecule has 0 atom stereocenters. The number of methoxy groups -OCH3 is 1. The number of aromatic nitrogens is 3. The van der Waals surface area contributed by atoms with Gasteiger partial charge in [0, 0.05) is 38.9 Å². The van der Waals surface area contributed by atoms with Crippen molar-refractivity contribution in [2.45, 2.75) is 10.6 Å². The van der Waals surface area contributed by atoms with Gasteiger partial charge in [-0.25, -0.2) is 9.97 Å². The molecule has 8 nitrogen and oxygen atoms in total. The molecule has 37 heavy (non-hydrogen) atoms. The van der Waals surface area contributed by atoms with Crippen molar-refractivity contribution in [3.05, 3.63) is 94.9 Å². The number of nitrogens with zero attached hydrogens (tertiary/aromatic N) is 2. The molecule has 1 aliphatic heterocycles. The molecule has 1 aliphatic rings. The molecule has 5 aromatic rings. The van der Waals surface area contributed by atoms with Crippen molar-refractivity contribution < 1.29 is 14.2 Å². The second-order valence-corrected chi connectivity index (χ2v) is 9.34. The number of H-pyrrole nitrogens is 1. The molecule has 184 valence electrons. The zero-order valence-corrected chi connectivity index (χ0v) is 20.7. The van der Waals surface area contributed by atoms with Crippen molar-refractivity contribution in [1.82, 2.24) is 15.0 Å². The standard InChI is InChI=1S/C28H22N4O4S/c1-34-20-7-8-21-18(13-20)12-19(27(33)30-21)15-37-26-5-3-2-4-23(26)32-28-29-11-10-22(31-28)17-6-9-24-25(14-17)36-16-35-24/h2-14H,15-16H2,1H3,(H,30,33)(H,29,31,32). The average Bonchev–Trinajstić information content (AvgIpc) is 3.41. The van der Waals surface area contributed by atoms with E-state index in [2.05, 4.69) is 15.3 Å². The summed E-state index contributed by atoms with van der Waals surface area (Å²) >= 11 is 1.57. The first-order valence-electron chi connectivity index (χ1n) is 11.6. The Morgan fingerprint density at radius 2 is 1.92 bits per heavy atom. The van der Waals surface area contributed by atoms with E-state index in [9.17, 15) is 4.79 Å². The summed E-state index contributed by atoms with van der Waals surface area (Å²) < 4.78 is 16.2. The van der Waals surface area contributed by atoms with Crippen LogP contribution in [0.3, 0.4) is 0 Å². The van der Waals surface area contributed by atoms with Gasteiger partial charge in [-0.3, -0.25) is 4.79 Å². The number of nitrogens with one attached hydrogen (secondary N) is 2. The van der Waals surface area contributed by atoms with Gasteiger partial charge in [-0.05, 0) is 60.7 Å². The Balaban J connectivity index is 1.22. The summed E-state index contributed by atoms with van der Waals surface area (Å²) in [5.41, 5.74) is 3.89. The highest BCUT2D eigenvalue weighted by Crippen LogP contribution is 2.36. The molecular weight excluding hydrogens is 488 g/mol. The molecule has 3 aromatic carbocycles. The summed E-state index contributed by atoms with van der Waals surface area (Å²) in [6, 6.07) is 23.0. The summed E-state index contributed by atoms with van der Waals surface area (Å²) in [6.45, 7) is 0.225. The topological polar surface area (TPSA) is 98.4 Å². The van der Waals surface area contributed by atoms with E-state index in [0.29, 0.717) is 23.0 Å². The van der Waals surface area contributed by atoms with Crippen molar-refractivity contribution in [2.24, 2.45) is 0 Å². The fraction of sp³-hybridized carbons (Fsp3) is 0.107. The number of para-hydroxylation sites is 1. The van der Waals surface area contributed by atoms with E-state index in [1.165, 1.54) is 0 Å². The zero-order chi connectivity index (χ0) is 25.2. The number of pyridine rings is 1. The Morgan fingerprint density at radius 3 is 2.84 bits per heavy atom. The zero-order valence-electron chi connectivity index (χ0n) is 19.9. The summed E-state index contributed by atoms with van der Waals surface area (Å²) in [7, 11) is 1.63. The normalized spacial score (nSPS) is 12.0. The predicted molar refractivity (Wildman–Crippen MR) is 144 cm³/mol. The Morgan fingerprint density at radius 1 is 1.03 bits per heavy atom. The molecule has 0 saturated carbocycles. The van der Waals surface area contributed by atoms with Gasteiger partial charge in [0.1, 0.15) is 5.75 Å². The maximum Gasteiger partial charge on any atom is 0.252 e. The van der Waals surface area contributed by atoms with Crippen molar-refractivity contribution in [2.75, 3.05) is 19.2 Å². The molecule has 2 N–H and O–H groups in total. The van der Waals surface area contributed by atoms with E-state index in [1.807, 2.05) is 72.8 Å². The van der Waals surface area contributed by atoms with Crippen LogP contribution in [0.2, 0.25) is 0 Å². The van der Waals surface area contributed by atoms with Gasteiger partial charge in [0.15, 0.2) is 11.5 Å². The van der Waals surface area contributed by atoms with Crippen molar-refractivity contribution >= 4 is 34.3 Å². The summed E-state index contributed by atoms with van der Waals surface area (Å²) in [4.78, 5) is 25.7. The summed E-state index contributed by atoms with van der Waals surface area (Å²) in [5.74, 6) is 3.15. The van der Waals surface area contributed by atoms with Crippen LogP contribution in [0.25, 0.3) is 22.2 Å². The van der Waals surface area contributed by atoms with E-state index < -0.39 is 0 Å². The number of hydrogen-bond acceptors (Lipinski definition) is 8. The number of thioether (sulfide) groups is 1. The number of fused-ring (bicyclic) bond motifs is 2. The van der Waals surface area contributed by atoms with E-state index in [-0.39, 0.29) is 12.4 Å². The largest absolute Gasteiger partial charge is 0.497 e. The van der Waals surface area contributed by atoms with Crippen LogP contribution < -0.4 is 25.1 Å². The first kappa shape index (κ1) is 22.9. The molecule has 0 saturated heterocycles. The Hall–Kier alpha value is -4.50. The molecular formula is C28H22N4O4S. The Bertz CT molecular complexity index is 1670. The van der Waals surface area contributed by atoms with Gasteiger partial charge in [0.05, 0.1) is 18.5 Å². The highest BCUT2D eigenvalue weighted by Gasteiger charge is 2.15. The number of ether oxygens (including phenoxy) is 3. The number of rotatable bonds is 7. The third kappa shape index (κ3) is 4.81. The lowest BCUT2D eigenvalue weighted by Gasteiger charge is -2.12. The summed E-state index contributed by atoms with van der Waals surface area (Å²) in [5, 5.41) is 4.25. The first-order valence-corrected chi connectivity index (χ1v) is 12.6. The average molecular weight is 511 g/mol. The predicted octanol–water partition coefficient (Wildman–Crippen LogP) is 5.76.